The fourth-order valence-electron chi connectivity index (χ4n) is 2.30. The smallest absolute Gasteiger partial charge is 0.305 e. The Morgan fingerprint density at radius 1 is 1.04 bits per heavy atom. The van der Waals surface area contributed by atoms with Crippen LogP contribution in [0.15, 0.2) is 24.3 Å². The van der Waals surface area contributed by atoms with E-state index in [-0.39, 0.29) is 18.9 Å². The molecule has 2 N–H and O–H groups in total. The van der Waals surface area contributed by atoms with E-state index in [1.54, 1.807) is 0 Å². The SMILES string of the molecule is O=C(O)CCNC(=O)CCCc1ccc(N(CCCl)CCCl)cc1. The van der Waals surface area contributed by atoms with Crippen molar-refractivity contribution in [1.82, 2.24) is 5.32 Å². The quantitative estimate of drug-likeness (QED) is 0.551. The topological polar surface area (TPSA) is 69.6 Å². The van der Waals surface area contributed by atoms with Crippen LogP contribution in [0.5, 0.6) is 0 Å². The second kappa shape index (κ2) is 12.0. The fourth-order valence-corrected chi connectivity index (χ4v) is 2.71. The Balaban J connectivity index is 2.36. The van der Waals surface area contributed by atoms with Crippen LogP contribution in [0.2, 0.25) is 0 Å². The lowest BCUT2D eigenvalue weighted by Crippen LogP contribution is -2.27. The van der Waals surface area contributed by atoms with Crippen molar-refractivity contribution in [3.05, 3.63) is 29.8 Å². The number of aryl methyl sites for hydroxylation is 1. The summed E-state index contributed by atoms with van der Waals surface area (Å²) in [6, 6.07) is 8.18. The van der Waals surface area contributed by atoms with E-state index in [9.17, 15) is 9.59 Å². The number of anilines is 1. The van der Waals surface area contributed by atoms with Crippen LogP contribution < -0.4 is 10.2 Å². The summed E-state index contributed by atoms with van der Waals surface area (Å²) >= 11 is 11.6. The van der Waals surface area contributed by atoms with Crippen LogP contribution in [-0.2, 0) is 16.0 Å². The number of carbonyl (C=O) groups is 2. The summed E-state index contributed by atoms with van der Waals surface area (Å²) in [4.78, 5) is 24.1. The van der Waals surface area contributed by atoms with Gasteiger partial charge in [0.25, 0.3) is 0 Å². The van der Waals surface area contributed by atoms with Gasteiger partial charge in [-0.05, 0) is 30.5 Å². The van der Waals surface area contributed by atoms with Gasteiger partial charge in [-0.1, -0.05) is 12.1 Å². The van der Waals surface area contributed by atoms with Crippen LogP contribution in [0.25, 0.3) is 0 Å². The Morgan fingerprint density at radius 3 is 2.21 bits per heavy atom. The molecular weight excluding hydrogens is 351 g/mol. The van der Waals surface area contributed by atoms with E-state index in [0.717, 1.165) is 37.2 Å². The molecule has 0 fully saturated rings. The number of halogens is 2. The van der Waals surface area contributed by atoms with Crippen LogP contribution in [0.3, 0.4) is 0 Å². The number of carbonyl (C=O) groups excluding carboxylic acids is 1. The van der Waals surface area contributed by atoms with Crippen molar-refractivity contribution < 1.29 is 14.7 Å². The lowest BCUT2D eigenvalue weighted by atomic mass is 10.1. The maximum atomic E-state index is 11.6. The number of amides is 1. The number of carboxylic acid groups (broad SMARTS) is 1. The first-order chi connectivity index (χ1) is 11.6. The molecule has 0 heterocycles. The van der Waals surface area contributed by atoms with E-state index in [0.29, 0.717) is 18.2 Å². The molecule has 0 unspecified atom stereocenters. The van der Waals surface area contributed by atoms with Crippen LogP contribution in [0.1, 0.15) is 24.8 Å². The zero-order valence-corrected chi connectivity index (χ0v) is 15.2. The number of rotatable bonds is 12. The third-order valence-corrected chi connectivity index (χ3v) is 3.88. The lowest BCUT2D eigenvalue weighted by molar-refractivity contribution is -0.136. The standard InChI is InChI=1S/C17H24Cl2N2O3/c18-9-12-21(13-10-19)15-6-4-14(5-7-15)2-1-3-16(22)20-11-8-17(23)24/h4-7H,1-3,8-13H2,(H,20,22)(H,23,24). The second-order valence-electron chi connectivity index (χ2n) is 5.38. The molecule has 1 amide bonds. The highest BCUT2D eigenvalue weighted by Crippen LogP contribution is 2.16. The van der Waals surface area contributed by atoms with Crippen molar-refractivity contribution in [3.63, 3.8) is 0 Å². The Hall–Kier alpha value is -1.46. The van der Waals surface area contributed by atoms with E-state index in [1.165, 1.54) is 0 Å². The van der Waals surface area contributed by atoms with Crippen molar-refractivity contribution in [2.75, 3.05) is 36.3 Å². The Kier molecular flexibility index (Phi) is 10.3. The summed E-state index contributed by atoms with van der Waals surface area (Å²) in [6.07, 6.45) is 1.88. The molecule has 0 atom stereocenters. The minimum atomic E-state index is -0.909. The van der Waals surface area contributed by atoms with Gasteiger partial charge in [-0.3, -0.25) is 9.59 Å². The monoisotopic (exact) mass is 374 g/mol. The summed E-state index contributed by atoms with van der Waals surface area (Å²) in [5, 5.41) is 11.1. The highest BCUT2D eigenvalue weighted by molar-refractivity contribution is 6.18. The van der Waals surface area contributed by atoms with Gasteiger partial charge in [0.1, 0.15) is 0 Å². The highest BCUT2D eigenvalue weighted by Gasteiger charge is 2.06. The average molecular weight is 375 g/mol. The second-order valence-corrected chi connectivity index (χ2v) is 6.13. The van der Waals surface area contributed by atoms with Crippen molar-refractivity contribution in [2.24, 2.45) is 0 Å². The molecule has 0 saturated heterocycles. The van der Waals surface area contributed by atoms with Gasteiger partial charge in [-0.2, -0.15) is 0 Å². The summed E-state index contributed by atoms with van der Waals surface area (Å²) in [5.74, 6) is 0.0849. The van der Waals surface area contributed by atoms with Crippen molar-refractivity contribution >= 4 is 40.8 Å². The number of aliphatic carboxylic acids is 1. The molecule has 0 aromatic heterocycles. The summed E-state index contributed by atoms with van der Waals surface area (Å²) in [5.41, 5.74) is 2.25. The molecule has 1 aromatic rings. The van der Waals surface area contributed by atoms with Crippen LogP contribution in [-0.4, -0.2) is 48.4 Å². The lowest BCUT2D eigenvalue weighted by Gasteiger charge is -2.23. The fraction of sp³-hybridized carbons (Fsp3) is 0.529. The normalized spacial score (nSPS) is 10.4. The Morgan fingerprint density at radius 2 is 1.67 bits per heavy atom. The van der Waals surface area contributed by atoms with E-state index >= 15 is 0 Å². The molecule has 0 radical (unpaired) electrons. The maximum Gasteiger partial charge on any atom is 0.305 e. The van der Waals surface area contributed by atoms with Gasteiger partial charge in [0.15, 0.2) is 0 Å². The van der Waals surface area contributed by atoms with Crippen LogP contribution in [0, 0.1) is 0 Å². The first kappa shape index (κ1) is 20.6. The molecule has 0 aliphatic rings. The zero-order chi connectivity index (χ0) is 17.8. The molecule has 0 bridgehead atoms. The molecule has 1 rings (SSSR count). The molecule has 24 heavy (non-hydrogen) atoms. The van der Waals surface area contributed by atoms with Gasteiger partial charge in [0.05, 0.1) is 6.42 Å². The molecule has 0 spiro atoms. The van der Waals surface area contributed by atoms with Gasteiger partial charge in [0, 0.05) is 43.5 Å². The number of nitrogens with one attached hydrogen (secondary N) is 1. The molecule has 1 aromatic carbocycles. The van der Waals surface area contributed by atoms with E-state index < -0.39 is 5.97 Å². The third-order valence-electron chi connectivity index (χ3n) is 3.54. The number of nitrogens with zero attached hydrogens (tertiary/aromatic N) is 1. The maximum absolute atomic E-state index is 11.6. The number of alkyl halides is 2. The van der Waals surface area contributed by atoms with Crippen LogP contribution in [0.4, 0.5) is 5.69 Å². The van der Waals surface area contributed by atoms with E-state index in [1.807, 2.05) is 24.3 Å². The minimum absolute atomic E-state index is 0.0473. The Labute approximate surface area is 152 Å². The number of benzene rings is 1. The molecular formula is C17H24Cl2N2O3. The van der Waals surface area contributed by atoms with Crippen molar-refractivity contribution in [3.8, 4) is 0 Å². The molecule has 5 nitrogen and oxygen atoms in total. The van der Waals surface area contributed by atoms with Gasteiger partial charge < -0.3 is 15.3 Å². The van der Waals surface area contributed by atoms with Gasteiger partial charge >= 0.3 is 5.97 Å². The summed E-state index contributed by atoms with van der Waals surface area (Å²) in [6.45, 7) is 1.69. The third kappa shape index (κ3) is 8.41. The molecule has 7 heteroatoms. The zero-order valence-electron chi connectivity index (χ0n) is 13.6. The molecule has 0 aliphatic carbocycles. The predicted octanol–water partition coefficient (Wildman–Crippen LogP) is 2.88. The average Bonchev–Trinajstić information content (AvgIpc) is 2.55. The predicted molar refractivity (Wildman–Crippen MR) is 98.3 cm³/mol. The number of carboxylic acids is 1. The van der Waals surface area contributed by atoms with Gasteiger partial charge in [-0.25, -0.2) is 0 Å². The molecule has 134 valence electrons. The highest BCUT2D eigenvalue weighted by atomic mass is 35.5. The first-order valence-corrected chi connectivity index (χ1v) is 9.08. The van der Waals surface area contributed by atoms with E-state index in [2.05, 4.69) is 10.2 Å². The largest absolute Gasteiger partial charge is 0.481 e. The minimum Gasteiger partial charge on any atom is -0.481 e. The summed E-state index contributed by atoms with van der Waals surface area (Å²) < 4.78 is 0. The molecule has 0 aliphatic heterocycles. The van der Waals surface area contributed by atoms with Gasteiger partial charge in [0.2, 0.25) is 5.91 Å². The summed E-state index contributed by atoms with van der Waals surface area (Å²) in [7, 11) is 0. The molecule has 0 saturated carbocycles. The van der Waals surface area contributed by atoms with E-state index in [4.69, 9.17) is 28.3 Å². The number of hydrogen-bond acceptors (Lipinski definition) is 3. The van der Waals surface area contributed by atoms with Crippen molar-refractivity contribution in [1.29, 1.82) is 0 Å². The number of hydrogen-bond donors (Lipinski definition) is 2. The van der Waals surface area contributed by atoms with Crippen LogP contribution >= 0.6 is 23.2 Å². The Bertz CT molecular complexity index is 503. The van der Waals surface area contributed by atoms with Gasteiger partial charge in [-0.15, -0.1) is 23.2 Å². The van der Waals surface area contributed by atoms with Crippen molar-refractivity contribution in [2.45, 2.75) is 25.7 Å². The first-order valence-electron chi connectivity index (χ1n) is 8.01.